The minimum absolute atomic E-state index is 0.220. The van der Waals surface area contributed by atoms with Crippen molar-refractivity contribution in [1.29, 1.82) is 0 Å². The summed E-state index contributed by atoms with van der Waals surface area (Å²) < 4.78 is 0. The first kappa shape index (κ1) is 17.9. The molecule has 0 aliphatic heterocycles. The molecule has 1 atom stereocenters. The van der Waals surface area contributed by atoms with E-state index in [1.165, 1.54) is 16.7 Å². The zero-order chi connectivity index (χ0) is 16.0. The van der Waals surface area contributed by atoms with Crippen LogP contribution < -0.4 is 5.73 Å². The van der Waals surface area contributed by atoms with E-state index in [4.69, 9.17) is 5.73 Å². The van der Waals surface area contributed by atoms with Crippen LogP contribution in [0.2, 0.25) is 0 Å². The van der Waals surface area contributed by atoms with Gasteiger partial charge in [-0.15, -0.1) is 0 Å². The van der Waals surface area contributed by atoms with Crippen LogP contribution in [0.15, 0.2) is 18.2 Å². The van der Waals surface area contributed by atoms with Gasteiger partial charge in [0.15, 0.2) is 0 Å². The number of hydrogen-bond acceptors (Lipinski definition) is 2. The first-order valence-electron chi connectivity index (χ1n) is 8.02. The Morgan fingerprint density at radius 2 is 1.71 bits per heavy atom. The lowest BCUT2D eigenvalue weighted by Gasteiger charge is -2.30. The number of aryl methyl sites for hydroxylation is 2. The molecule has 1 aromatic carbocycles. The normalized spacial score (nSPS) is 13.2. The van der Waals surface area contributed by atoms with Gasteiger partial charge in [0, 0.05) is 12.8 Å². The Balaban J connectivity index is 2.61. The van der Waals surface area contributed by atoms with Crippen LogP contribution in [0.25, 0.3) is 0 Å². The number of benzene rings is 1. The summed E-state index contributed by atoms with van der Waals surface area (Å²) in [7, 11) is 0. The van der Waals surface area contributed by atoms with Crippen LogP contribution in [0.4, 0.5) is 0 Å². The van der Waals surface area contributed by atoms with Gasteiger partial charge in [0.25, 0.3) is 0 Å². The van der Waals surface area contributed by atoms with E-state index in [0.717, 1.165) is 12.8 Å². The summed E-state index contributed by atoms with van der Waals surface area (Å²) in [5, 5.41) is 0. The van der Waals surface area contributed by atoms with Crippen molar-refractivity contribution >= 4 is 5.78 Å². The van der Waals surface area contributed by atoms with Gasteiger partial charge in [0.1, 0.15) is 5.78 Å². The molecular weight excluding hydrogens is 258 g/mol. The highest BCUT2D eigenvalue weighted by Gasteiger charge is 2.24. The van der Waals surface area contributed by atoms with E-state index in [2.05, 4.69) is 52.8 Å². The Bertz CT molecular complexity index is 451. The fourth-order valence-corrected chi connectivity index (χ4v) is 2.96. The molecule has 0 bridgehead atoms. The Hall–Kier alpha value is -1.15. The maximum absolute atomic E-state index is 12.3. The number of carbonyl (C=O) groups excluding carboxylic acids is 1. The maximum atomic E-state index is 12.3. The lowest BCUT2D eigenvalue weighted by atomic mass is 9.75. The fourth-order valence-electron chi connectivity index (χ4n) is 2.96. The van der Waals surface area contributed by atoms with Gasteiger partial charge in [0.05, 0.1) is 0 Å². The third-order valence-electron chi connectivity index (χ3n) is 4.53. The van der Waals surface area contributed by atoms with Gasteiger partial charge in [-0.3, -0.25) is 4.79 Å². The van der Waals surface area contributed by atoms with Crippen molar-refractivity contribution in [3.05, 3.63) is 34.9 Å². The van der Waals surface area contributed by atoms with Gasteiger partial charge < -0.3 is 5.73 Å². The van der Waals surface area contributed by atoms with Gasteiger partial charge in [-0.05, 0) is 61.3 Å². The van der Waals surface area contributed by atoms with E-state index in [0.29, 0.717) is 31.1 Å². The molecule has 0 aromatic heterocycles. The third-order valence-corrected chi connectivity index (χ3v) is 4.53. The predicted molar refractivity (Wildman–Crippen MR) is 90.5 cm³/mol. The van der Waals surface area contributed by atoms with Crippen LogP contribution in [0.5, 0.6) is 0 Å². The van der Waals surface area contributed by atoms with Crippen molar-refractivity contribution in [2.24, 2.45) is 17.1 Å². The Kier molecular flexibility index (Phi) is 6.60. The fraction of sp³-hybridized carbons (Fsp3) is 0.632. The molecule has 118 valence electrons. The van der Waals surface area contributed by atoms with E-state index >= 15 is 0 Å². The summed E-state index contributed by atoms with van der Waals surface area (Å²) in [4.78, 5) is 12.3. The quantitative estimate of drug-likeness (QED) is 0.817. The first-order valence-corrected chi connectivity index (χ1v) is 8.02. The van der Waals surface area contributed by atoms with Crippen LogP contribution >= 0.6 is 0 Å². The molecule has 2 heteroatoms. The predicted octanol–water partition coefficient (Wildman–Crippen LogP) is 4.21. The highest BCUT2D eigenvalue weighted by atomic mass is 16.1. The van der Waals surface area contributed by atoms with Crippen LogP contribution in [-0.2, 0) is 11.2 Å². The molecule has 2 N–H and O–H groups in total. The number of rotatable bonds is 7. The van der Waals surface area contributed by atoms with Gasteiger partial charge in [-0.2, -0.15) is 0 Å². The summed E-state index contributed by atoms with van der Waals surface area (Å²) >= 11 is 0. The van der Waals surface area contributed by atoms with E-state index < -0.39 is 0 Å². The monoisotopic (exact) mass is 289 g/mol. The summed E-state index contributed by atoms with van der Waals surface area (Å²) in [5.41, 5.74) is 9.57. The van der Waals surface area contributed by atoms with Crippen molar-refractivity contribution in [3.63, 3.8) is 0 Å². The van der Waals surface area contributed by atoms with Gasteiger partial charge >= 0.3 is 0 Å². The zero-order valence-corrected chi connectivity index (χ0v) is 14.3. The van der Waals surface area contributed by atoms with Crippen molar-refractivity contribution in [2.75, 3.05) is 6.54 Å². The SMILES string of the molecule is Cc1cccc(C)c1CC(=O)CCC(CCN)C(C)(C)C. The molecule has 21 heavy (non-hydrogen) atoms. The average molecular weight is 289 g/mol. The Morgan fingerprint density at radius 3 is 2.19 bits per heavy atom. The molecular formula is C19H31NO. The number of hydrogen-bond donors (Lipinski definition) is 1. The van der Waals surface area contributed by atoms with Gasteiger partial charge in [-0.1, -0.05) is 39.0 Å². The number of ketones is 1. The second-order valence-corrected chi connectivity index (χ2v) is 7.26. The van der Waals surface area contributed by atoms with Crippen molar-refractivity contribution in [2.45, 2.75) is 60.3 Å². The highest BCUT2D eigenvalue weighted by Crippen LogP contribution is 2.32. The summed E-state index contributed by atoms with van der Waals surface area (Å²) in [6.07, 6.45) is 3.18. The van der Waals surface area contributed by atoms with E-state index in [9.17, 15) is 4.79 Å². The van der Waals surface area contributed by atoms with Crippen molar-refractivity contribution in [1.82, 2.24) is 0 Å². The average Bonchev–Trinajstić information content (AvgIpc) is 2.37. The molecule has 0 aliphatic rings. The van der Waals surface area contributed by atoms with E-state index in [-0.39, 0.29) is 5.41 Å². The molecule has 0 fully saturated rings. The zero-order valence-electron chi connectivity index (χ0n) is 14.3. The van der Waals surface area contributed by atoms with E-state index in [1.54, 1.807) is 0 Å². The van der Waals surface area contributed by atoms with E-state index in [1.807, 2.05) is 0 Å². The van der Waals surface area contributed by atoms with Crippen LogP contribution in [0.3, 0.4) is 0 Å². The smallest absolute Gasteiger partial charge is 0.137 e. The summed E-state index contributed by atoms with van der Waals surface area (Å²) in [6, 6.07) is 6.22. The number of Topliss-reactive ketones (excluding diaryl/α,β-unsaturated/α-hetero) is 1. The lowest BCUT2D eigenvalue weighted by molar-refractivity contribution is -0.118. The third kappa shape index (κ3) is 5.62. The lowest BCUT2D eigenvalue weighted by Crippen LogP contribution is -2.24. The van der Waals surface area contributed by atoms with Gasteiger partial charge in [0.2, 0.25) is 0 Å². The Morgan fingerprint density at radius 1 is 1.14 bits per heavy atom. The molecule has 0 aliphatic carbocycles. The molecule has 0 heterocycles. The molecule has 0 radical (unpaired) electrons. The topological polar surface area (TPSA) is 43.1 Å². The largest absolute Gasteiger partial charge is 0.330 e. The summed E-state index contributed by atoms with van der Waals surface area (Å²) in [5.74, 6) is 0.864. The second-order valence-electron chi connectivity index (χ2n) is 7.26. The highest BCUT2D eigenvalue weighted by molar-refractivity contribution is 5.81. The first-order chi connectivity index (χ1) is 9.75. The molecule has 0 spiro atoms. The van der Waals surface area contributed by atoms with Gasteiger partial charge in [-0.25, -0.2) is 0 Å². The minimum atomic E-state index is 0.220. The van der Waals surface area contributed by atoms with Crippen molar-refractivity contribution in [3.8, 4) is 0 Å². The molecule has 0 amide bonds. The molecule has 0 saturated heterocycles. The minimum Gasteiger partial charge on any atom is -0.330 e. The van der Waals surface area contributed by atoms with Crippen LogP contribution in [-0.4, -0.2) is 12.3 Å². The maximum Gasteiger partial charge on any atom is 0.137 e. The molecule has 2 nitrogen and oxygen atoms in total. The Labute approximate surface area is 130 Å². The second kappa shape index (κ2) is 7.74. The molecule has 0 saturated carbocycles. The molecule has 1 unspecified atom stereocenters. The van der Waals surface area contributed by atoms with Crippen LogP contribution in [0.1, 0.15) is 56.7 Å². The van der Waals surface area contributed by atoms with Crippen molar-refractivity contribution < 1.29 is 4.79 Å². The van der Waals surface area contributed by atoms with Crippen LogP contribution in [0, 0.1) is 25.2 Å². The summed E-state index contributed by atoms with van der Waals surface area (Å²) in [6.45, 7) is 11.6. The molecule has 1 rings (SSSR count). The number of carbonyl (C=O) groups is 1. The standard InChI is InChI=1S/C19H31NO/c1-14-7-6-8-15(2)18(14)13-17(21)10-9-16(11-12-20)19(3,4)5/h6-8,16H,9-13,20H2,1-5H3. The molecule has 1 aromatic rings. The number of nitrogens with two attached hydrogens (primary N) is 1.